The number of nitrogens with zero attached hydrogens (tertiary/aromatic N) is 2. The molecule has 2 N–H and O–H groups in total. The molecule has 4 aromatic rings. The van der Waals surface area contributed by atoms with E-state index in [-0.39, 0.29) is 18.1 Å². The number of imidazole rings is 2. The first-order chi connectivity index (χ1) is 12.2. The van der Waals surface area contributed by atoms with Gasteiger partial charge in [-0.25, -0.2) is 9.78 Å². The van der Waals surface area contributed by atoms with Gasteiger partial charge in [0, 0.05) is 12.1 Å². The third-order valence-electron chi connectivity index (χ3n) is 4.17. The molecule has 0 amide bonds. The van der Waals surface area contributed by atoms with Crippen LogP contribution >= 0.6 is 0 Å². The number of hydrogen-bond donors (Lipinski definition) is 2. The zero-order chi connectivity index (χ0) is 17.4. The van der Waals surface area contributed by atoms with Gasteiger partial charge in [0.15, 0.2) is 0 Å². The maximum atomic E-state index is 11.5. The molecule has 0 aliphatic rings. The number of H-pyrrole nitrogens is 2. The molecule has 2 aromatic carbocycles. The number of carbonyl (C=O) groups excluding carboxylic acids is 1. The first-order valence-electron chi connectivity index (χ1n) is 7.91. The van der Waals surface area contributed by atoms with Gasteiger partial charge in [-0.1, -0.05) is 12.1 Å². The minimum absolute atomic E-state index is 0.242. The average molecular weight is 336 g/mol. The van der Waals surface area contributed by atoms with Gasteiger partial charge < -0.3 is 14.7 Å². The fraction of sp³-hybridized carbons (Fsp3) is 0.167. The summed E-state index contributed by atoms with van der Waals surface area (Å²) in [5, 5.41) is 0. The van der Waals surface area contributed by atoms with Crippen molar-refractivity contribution in [3.05, 3.63) is 58.8 Å². The van der Waals surface area contributed by atoms with E-state index in [2.05, 4.69) is 15.0 Å². The smallest absolute Gasteiger partial charge is 0.323 e. The van der Waals surface area contributed by atoms with Crippen LogP contribution in [0.4, 0.5) is 0 Å². The highest BCUT2D eigenvalue weighted by Crippen LogP contribution is 2.24. The van der Waals surface area contributed by atoms with E-state index < -0.39 is 0 Å². The molecule has 0 saturated heterocycles. The Kier molecular flexibility index (Phi) is 3.61. The second-order valence-electron chi connectivity index (χ2n) is 5.74. The molecule has 7 nitrogen and oxygen atoms in total. The van der Waals surface area contributed by atoms with Gasteiger partial charge in [-0.05, 0) is 30.3 Å². The Bertz CT molecular complexity index is 1140. The lowest BCUT2D eigenvalue weighted by Gasteiger charge is -2.09. The van der Waals surface area contributed by atoms with Crippen LogP contribution in [0.2, 0.25) is 0 Å². The second-order valence-corrected chi connectivity index (χ2v) is 5.74. The Morgan fingerprint density at radius 1 is 1.16 bits per heavy atom. The van der Waals surface area contributed by atoms with Gasteiger partial charge in [0.05, 0.1) is 35.6 Å². The Labute approximate surface area is 142 Å². The summed E-state index contributed by atoms with van der Waals surface area (Å²) in [7, 11) is 1.38. The minimum Gasteiger partial charge on any atom is -0.469 e. The second kappa shape index (κ2) is 5.94. The highest BCUT2D eigenvalue weighted by atomic mass is 16.5. The maximum absolute atomic E-state index is 11.5. The van der Waals surface area contributed by atoms with E-state index in [9.17, 15) is 9.59 Å². The van der Waals surface area contributed by atoms with Crippen molar-refractivity contribution in [2.75, 3.05) is 7.11 Å². The highest BCUT2D eigenvalue weighted by Gasteiger charge is 2.14. The molecular formula is C18H16N4O3. The number of aryl methyl sites for hydroxylation is 1. The number of ether oxygens (including phenoxy) is 1. The van der Waals surface area contributed by atoms with Crippen molar-refractivity contribution >= 4 is 28.0 Å². The first kappa shape index (κ1) is 15.2. The van der Waals surface area contributed by atoms with Crippen LogP contribution < -0.4 is 5.69 Å². The number of carbonyl (C=O) groups is 1. The lowest BCUT2D eigenvalue weighted by atomic mass is 10.2. The first-order valence-corrected chi connectivity index (χ1v) is 7.91. The van der Waals surface area contributed by atoms with Crippen LogP contribution in [-0.2, 0) is 16.0 Å². The van der Waals surface area contributed by atoms with Crippen molar-refractivity contribution in [2.45, 2.75) is 12.8 Å². The Morgan fingerprint density at radius 3 is 2.80 bits per heavy atom. The van der Waals surface area contributed by atoms with Crippen molar-refractivity contribution in [1.29, 1.82) is 0 Å². The maximum Gasteiger partial charge on any atom is 0.323 e. The summed E-state index contributed by atoms with van der Waals surface area (Å²) < 4.78 is 6.74. The third kappa shape index (κ3) is 2.69. The normalized spacial score (nSPS) is 11.2. The van der Waals surface area contributed by atoms with Gasteiger partial charge in [0.1, 0.15) is 5.82 Å². The Morgan fingerprint density at radius 2 is 1.96 bits per heavy atom. The molecule has 126 valence electrons. The molecule has 0 aliphatic carbocycles. The molecule has 0 saturated carbocycles. The average Bonchev–Trinajstić information content (AvgIpc) is 3.17. The van der Waals surface area contributed by atoms with E-state index in [0.29, 0.717) is 6.42 Å². The Hall–Kier alpha value is -3.35. The monoisotopic (exact) mass is 336 g/mol. The van der Waals surface area contributed by atoms with Gasteiger partial charge in [-0.3, -0.25) is 9.36 Å². The molecule has 0 spiro atoms. The SMILES string of the molecule is COC(=O)CCc1nc2ccccc2n1-c1ccc2[nH]c(=O)[nH]c2c1. The lowest BCUT2D eigenvalue weighted by molar-refractivity contribution is -0.140. The number of benzene rings is 2. The summed E-state index contributed by atoms with van der Waals surface area (Å²) in [6, 6.07) is 13.4. The van der Waals surface area contributed by atoms with E-state index in [1.165, 1.54) is 7.11 Å². The number of rotatable bonds is 4. The lowest BCUT2D eigenvalue weighted by Crippen LogP contribution is -2.07. The van der Waals surface area contributed by atoms with Crippen LogP contribution in [0, 0.1) is 0 Å². The fourth-order valence-electron chi connectivity index (χ4n) is 3.01. The number of nitrogens with one attached hydrogen (secondary N) is 2. The Balaban J connectivity index is 1.87. The van der Waals surface area contributed by atoms with Crippen molar-refractivity contribution in [3.63, 3.8) is 0 Å². The van der Waals surface area contributed by atoms with Crippen LogP contribution in [-0.4, -0.2) is 32.6 Å². The zero-order valence-electron chi connectivity index (χ0n) is 13.6. The van der Waals surface area contributed by atoms with Gasteiger partial charge in [-0.15, -0.1) is 0 Å². The number of esters is 1. The number of hydrogen-bond acceptors (Lipinski definition) is 4. The summed E-state index contributed by atoms with van der Waals surface area (Å²) in [5.41, 5.74) is 3.89. The van der Waals surface area contributed by atoms with Crippen LogP contribution in [0.25, 0.3) is 27.8 Å². The molecule has 2 aromatic heterocycles. The van der Waals surface area contributed by atoms with Crippen molar-refractivity contribution in [2.24, 2.45) is 0 Å². The topological polar surface area (TPSA) is 92.8 Å². The van der Waals surface area contributed by atoms with E-state index in [1.54, 1.807) is 0 Å². The van der Waals surface area contributed by atoms with E-state index >= 15 is 0 Å². The van der Waals surface area contributed by atoms with Crippen molar-refractivity contribution in [1.82, 2.24) is 19.5 Å². The zero-order valence-corrected chi connectivity index (χ0v) is 13.6. The molecule has 0 unspecified atom stereocenters. The van der Waals surface area contributed by atoms with E-state index in [4.69, 9.17) is 4.74 Å². The summed E-state index contributed by atoms with van der Waals surface area (Å²) >= 11 is 0. The van der Waals surface area contributed by atoms with Gasteiger partial charge in [0.25, 0.3) is 0 Å². The third-order valence-corrected chi connectivity index (χ3v) is 4.17. The number of fused-ring (bicyclic) bond motifs is 2. The van der Waals surface area contributed by atoms with Gasteiger partial charge in [-0.2, -0.15) is 0 Å². The van der Waals surface area contributed by atoms with Crippen LogP contribution in [0.1, 0.15) is 12.2 Å². The molecule has 25 heavy (non-hydrogen) atoms. The van der Waals surface area contributed by atoms with Crippen LogP contribution in [0.5, 0.6) is 0 Å². The van der Waals surface area contributed by atoms with Crippen LogP contribution in [0.3, 0.4) is 0 Å². The van der Waals surface area contributed by atoms with E-state index in [0.717, 1.165) is 33.6 Å². The fourth-order valence-corrected chi connectivity index (χ4v) is 3.01. The molecule has 2 heterocycles. The molecule has 0 atom stereocenters. The van der Waals surface area contributed by atoms with Crippen molar-refractivity contribution in [3.8, 4) is 5.69 Å². The quantitative estimate of drug-likeness (QED) is 0.559. The molecule has 0 fully saturated rings. The van der Waals surface area contributed by atoms with Crippen LogP contribution in [0.15, 0.2) is 47.3 Å². The number of methoxy groups -OCH3 is 1. The van der Waals surface area contributed by atoms with Crippen molar-refractivity contribution < 1.29 is 9.53 Å². The standard InChI is InChI=1S/C18H16N4O3/c1-25-17(23)9-8-16-19-13-4-2-3-5-15(13)22(16)11-6-7-12-14(10-11)21-18(24)20-12/h2-7,10H,8-9H2,1H3,(H2,20,21,24). The number of para-hydroxylation sites is 2. The highest BCUT2D eigenvalue weighted by molar-refractivity contribution is 5.82. The largest absolute Gasteiger partial charge is 0.469 e. The predicted octanol–water partition coefficient (Wildman–Crippen LogP) is 2.30. The predicted molar refractivity (Wildman–Crippen MR) is 93.9 cm³/mol. The minimum atomic E-state index is -0.274. The molecular weight excluding hydrogens is 320 g/mol. The number of aromatic amines is 2. The van der Waals surface area contributed by atoms with E-state index in [1.807, 2.05) is 47.0 Å². The molecule has 7 heteroatoms. The molecule has 0 bridgehead atoms. The van der Waals surface area contributed by atoms with Gasteiger partial charge >= 0.3 is 11.7 Å². The van der Waals surface area contributed by atoms with Gasteiger partial charge in [0.2, 0.25) is 0 Å². The molecule has 4 rings (SSSR count). The molecule has 0 aliphatic heterocycles. The number of aromatic nitrogens is 4. The summed E-state index contributed by atoms with van der Waals surface area (Å²) in [5.74, 6) is 0.493. The summed E-state index contributed by atoms with van der Waals surface area (Å²) in [6.45, 7) is 0. The summed E-state index contributed by atoms with van der Waals surface area (Å²) in [6.07, 6.45) is 0.714. The summed E-state index contributed by atoms with van der Waals surface area (Å²) in [4.78, 5) is 33.2. The molecule has 0 radical (unpaired) electrons.